The normalized spacial score (nSPS) is 18.0. The van der Waals surface area contributed by atoms with Crippen LogP contribution in [0.3, 0.4) is 0 Å². The first-order chi connectivity index (χ1) is 11.9. The van der Waals surface area contributed by atoms with Gasteiger partial charge in [-0.3, -0.25) is 4.79 Å². The molecular formula is C17H21N3O4S. The molecule has 134 valence electrons. The van der Waals surface area contributed by atoms with Crippen LogP contribution in [0.1, 0.15) is 22.3 Å². The van der Waals surface area contributed by atoms with Crippen molar-refractivity contribution in [3.63, 3.8) is 0 Å². The molecule has 0 aliphatic carbocycles. The zero-order chi connectivity index (χ0) is 18.0. The van der Waals surface area contributed by atoms with Gasteiger partial charge in [0.05, 0.1) is 17.4 Å². The average molecular weight is 363 g/mol. The number of carbonyl (C=O) groups excluding carboxylic acids is 1. The lowest BCUT2D eigenvalue weighted by molar-refractivity contribution is 0.0791. The maximum atomic E-state index is 12.6. The van der Waals surface area contributed by atoms with E-state index in [1.807, 2.05) is 0 Å². The summed E-state index contributed by atoms with van der Waals surface area (Å²) in [6.45, 7) is 1.38. The Morgan fingerprint density at radius 1 is 1.32 bits per heavy atom. The van der Waals surface area contributed by atoms with Crippen molar-refractivity contribution in [2.24, 2.45) is 5.73 Å². The third-order valence-electron chi connectivity index (χ3n) is 4.31. The molecule has 2 heterocycles. The van der Waals surface area contributed by atoms with Gasteiger partial charge in [0.1, 0.15) is 0 Å². The minimum Gasteiger partial charge on any atom is -0.472 e. The monoisotopic (exact) mass is 363 g/mol. The summed E-state index contributed by atoms with van der Waals surface area (Å²) in [6.07, 6.45) is 3.80. The molecule has 2 N–H and O–H groups in total. The lowest BCUT2D eigenvalue weighted by Crippen LogP contribution is -2.32. The summed E-state index contributed by atoms with van der Waals surface area (Å²) >= 11 is 0. The molecule has 2 aromatic rings. The van der Waals surface area contributed by atoms with E-state index in [0.717, 1.165) is 12.0 Å². The number of nitrogens with two attached hydrogens (primary N) is 1. The van der Waals surface area contributed by atoms with Crippen molar-refractivity contribution in [3.05, 3.63) is 54.0 Å². The van der Waals surface area contributed by atoms with Gasteiger partial charge in [-0.2, -0.15) is 4.31 Å². The zero-order valence-corrected chi connectivity index (χ0v) is 14.8. The highest BCUT2D eigenvalue weighted by atomic mass is 32.2. The smallest absolute Gasteiger partial charge is 0.253 e. The number of furan rings is 1. The fourth-order valence-electron chi connectivity index (χ4n) is 2.83. The molecular weight excluding hydrogens is 342 g/mol. The van der Waals surface area contributed by atoms with Gasteiger partial charge in [-0.1, -0.05) is 0 Å². The van der Waals surface area contributed by atoms with Gasteiger partial charge in [0.25, 0.3) is 5.91 Å². The molecule has 1 unspecified atom stereocenters. The molecule has 1 aliphatic rings. The average Bonchev–Trinajstić information content (AvgIpc) is 3.26. The first kappa shape index (κ1) is 17.7. The van der Waals surface area contributed by atoms with Crippen LogP contribution >= 0.6 is 0 Å². The van der Waals surface area contributed by atoms with Crippen LogP contribution < -0.4 is 5.73 Å². The van der Waals surface area contributed by atoms with Crippen LogP contribution in [0.5, 0.6) is 0 Å². The van der Waals surface area contributed by atoms with Crippen LogP contribution in [0, 0.1) is 0 Å². The van der Waals surface area contributed by atoms with E-state index in [9.17, 15) is 13.2 Å². The predicted molar refractivity (Wildman–Crippen MR) is 92.3 cm³/mol. The first-order valence-corrected chi connectivity index (χ1v) is 9.44. The standard InChI is InChI=1S/C17H21N3O4S/c1-19(10-13-7-9-24-12-13)25(22,23)16-4-2-14(3-5-16)17(21)20-8-6-15(18)11-20/h2-5,7,9,12,15H,6,8,10-11,18H2,1H3. The number of rotatable bonds is 5. The van der Waals surface area contributed by atoms with Crippen LogP contribution in [0.4, 0.5) is 0 Å². The molecule has 1 amide bonds. The minimum absolute atomic E-state index is 0.0140. The number of hydrogen-bond donors (Lipinski definition) is 1. The lowest BCUT2D eigenvalue weighted by Gasteiger charge is -2.18. The number of amides is 1. The number of hydrogen-bond acceptors (Lipinski definition) is 5. The Morgan fingerprint density at radius 2 is 2.04 bits per heavy atom. The Bertz CT molecular complexity index is 831. The summed E-state index contributed by atoms with van der Waals surface area (Å²) in [6, 6.07) is 7.75. The van der Waals surface area contributed by atoms with Gasteiger partial charge in [0.2, 0.25) is 10.0 Å². The van der Waals surface area contributed by atoms with Gasteiger partial charge < -0.3 is 15.1 Å². The number of nitrogens with zero attached hydrogens (tertiary/aromatic N) is 2. The van der Waals surface area contributed by atoms with E-state index >= 15 is 0 Å². The number of likely N-dealkylation sites (tertiary alicyclic amines) is 1. The summed E-state index contributed by atoms with van der Waals surface area (Å²) in [5.74, 6) is -0.122. The molecule has 7 nitrogen and oxygen atoms in total. The van der Waals surface area contributed by atoms with Crippen molar-refractivity contribution >= 4 is 15.9 Å². The van der Waals surface area contributed by atoms with E-state index in [2.05, 4.69) is 0 Å². The van der Waals surface area contributed by atoms with Gasteiger partial charge in [0, 0.05) is 43.9 Å². The Balaban J connectivity index is 1.73. The SMILES string of the molecule is CN(Cc1ccoc1)S(=O)(=O)c1ccc(C(=O)N2CCC(N)C2)cc1. The summed E-state index contributed by atoms with van der Waals surface area (Å²) in [5, 5.41) is 0. The highest BCUT2D eigenvalue weighted by Crippen LogP contribution is 2.19. The molecule has 0 saturated carbocycles. The van der Waals surface area contributed by atoms with Crippen molar-refractivity contribution in [3.8, 4) is 0 Å². The van der Waals surface area contributed by atoms with Crippen molar-refractivity contribution in [2.45, 2.75) is 23.9 Å². The highest BCUT2D eigenvalue weighted by molar-refractivity contribution is 7.89. The van der Waals surface area contributed by atoms with Crippen LogP contribution in [0.2, 0.25) is 0 Å². The second-order valence-corrected chi connectivity index (χ2v) is 8.26. The molecule has 1 fully saturated rings. The summed E-state index contributed by atoms with van der Waals surface area (Å²) < 4.78 is 31.4. The fraction of sp³-hybridized carbons (Fsp3) is 0.353. The van der Waals surface area contributed by atoms with E-state index in [-0.39, 0.29) is 23.4 Å². The van der Waals surface area contributed by atoms with Gasteiger partial charge in [0.15, 0.2) is 0 Å². The molecule has 25 heavy (non-hydrogen) atoms. The van der Waals surface area contributed by atoms with Crippen LogP contribution in [0.15, 0.2) is 52.2 Å². The van der Waals surface area contributed by atoms with Crippen molar-refractivity contribution < 1.29 is 17.6 Å². The van der Waals surface area contributed by atoms with E-state index in [4.69, 9.17) is 10.2 Å². The third-order valence-corrected chi connectivity index (χ3v) is 6.12. The fourth-order valence-corrected chi connectivity index (χ4v) is 3.99. The van der Waals surface area contributed by atoms with Crippen molar-refractivity contribution in [1.82, 2.24) is 9.21 Å². The highest BCUT2D eigenvalue weighted by Gasteiger charge is 2.26. The molecule has 0 spiro atoms. The number of benzene rings is 1. The van der Waals surface area contributed by atoms with Crippen molar-refractivity contribution in [2.75, 3.05) is 20.1 Å². The lowest BCUT2D eigenvalue weighted by atomic mass is 10.2. The molecule has 1 atom stereocenters. The first-order valence-electron chi connectivity index (χ1n) is 8.00. The van der Waals surface area contributed by atoms with Crippen LogP contribution in [-0.4, -0.2) is 49.7 Å². The molecule has 8 heteroatoms. The second kappa shape index (κ2) is 6.99. The predicted octanol–water partition coefficient (Wildman–Crippen LogP) is 1.27. The molecule has 3 rings (SSSR count). The van der Waals surface area contributed by atoms with Crippen molar-refractivity contribution in [1.29, 1.82) is 0 Å². The number of sulfonamides is 1. The topological polar surface area (TPSA) is 96.8 Å². The van der Waals surface area contributed by atoms with Crippen LogP contribution in [0.25, 0.3) is 0 Å². The minimum atomic E-state index is -3.64. The Labute approximate surface area is 147 Å². The maximum Gasteiger partial charge on any atom is 0.253 e. The third kappa shape index (κ3) is 3.76. The molecule has 0 radical (unpaired) electrons. The van der Waals surface area contributed by atoms with Gasteiger partial charge >= 0.3 is 0 Å². The summed E-state index contributed by atoms with van der Waals surface area (Å²) in [5.41, 5.74) is 7.06. The Kier molecular flexibility index (Phi) is 4.94. The number of carbonyl (C=O) groups is 1. The van der Waals surface area contributed by atoms with E-state index in [1.165, 1.54) is 36.0 Å². The quantitative estimate of drug-likeness (QED) is 0.863. The molecule has 1 saturated heterocycles. The molecule has 0 bridgehead atoms. The Morgan fingerprint density at radius 3 is 2.60 bits per heavy atom. The molecule has 1 aromatic heterocycles. The Hall–Kier alpha value is -2.16. The zero-order valence-electron chi connectivity index (χ0n) is 14.0. The summed E-state index contributed by atoms with van der Waals surface area (Å²) in [4.78, 5) is 14.2. The van der Waals surface area contributed by atoms with E-state index in [1.54, 1.807) is 23.1 Å². The molecule has 1 aromatic carbocycles. The van der Waals surface area contributed by atoms with Gasteiger partial charge in [-0.15, -0.1) is 0 Å². The van der Waals surface area contributed by atoms with Crippen LogP contribution in [-0.2, 0) is 16.6 Å². The van der Waals surface area contributed by atoms with E-state index < -0.39 is 10.0 Å². The van der Waals surface area contributed by atoms with Gasteiger partial charge in [-0.05, 0) is 36.8 Å². The largest absolute Gasteiger partial charge is 0.472 e. The van der Waals surface area contributed by atoms with E-state index in [0.29, 0.717) is 18.7 Å². The summed E-state index contributed by atoms with van der Waals surface area (Å²) in [7, 11) is -2.13. The van der Waals surface area contributed by atoms with Gasteiger partial charge in [-0.25, -0.2) is 8.42 Å². The molecule has 1 aliphatic heterocycles. The maximum absolute atomic E-state index is 12.6. The second-order valence-electron chi connectivity index (χ2n) is 6.22.